The van der Waals surface area contributed by atoms with Gasteiger partial charge in [-0.2, -0.15) is 0 Å². The number of halogens is 1. The Labute approximate surface area is 251 Å². The van der Waals surface area contributed by atoms with E-state index < -0.39 is 11.9 Å². The quantitative estimate of drug-likeness (QED) is 0.210. The van der Waals surface area contributed by atoms with Crippen LogP contribution in [-0.2, 0) is 4.74 Å². The number of ether oxygens (including phenoxy) is 2. The first-order chi connectivity index (χ1) is 20.9. The Bertz CT molecular complexity index is 1530. The second-order valence-electron chi connectivity index (χ2n) is 11.1. The van der Waals surface area contributed by atoms with Crippen molar-refractivity contribution in [1.29, 1.82) is 0 Å². The molecule has 1 saturated heterocycles. The molecule has 0 aliphatic carbocycles. The molecule has 1 aliphatic heterocycles. The third-order valence-corrected chi connectivity index (χ3v) is 7.44. The van der Waals surface area contributed by atoms with Crippen LogP contribution in [0.2, 0.25) is 0 Å². The topological polar surface area (TPSA) is 93.0 Å². The molecular formula is C34H38FN3O5. The van der Waals surface area contributed by atoms with Crippen LogP contribution in [0.3, 0.4) is 0 Å². The lowest BCUT2D eigenvalue weighted by Crippen LogP contribution is -2.37. The van der Waals surface area contributed by atoms with Crippen molar-refractivity contribution < 1.29 is 27.9 Å². The Morgan fingerprint density at radius 2 is 1.77 bits per heavy atom. The molecule has 1 fully saturated rings. The van der Waals surface area contributed by atoms with Crippen molar-refractivity contribution >= 4 is 22.8 Å². The number of morpholine rings is 1. The highest BCUT2D eigenvalue weighted by Crippen LogP contribution is 2.33. The zero-order chi connectivity index (χ0) is 30.2. The third-order valence-electron chi connectivity index (χ3n) is 7.44. The van der Waals surface area contributed by atoms with Crippen LogP contribution in [0.4, 0.5) is 4.39 Å². The van der Waals surface area contributed by atoms with Crippen LogP contribution >= 0.6 is 0 Å². The van der Waals surface area contributed by atoms with Crippen molar-refractivity contribution in [2.45, 2.75) is 26.3 Å². The van der Waals surface area contributed by atoms with Gasteiger partial charge in [0.1, 0.15) is 23.4 Å². The molecule has 2 heterocycles. The van der Waals surface area contributed by atoms with E-state index in [2.05, 4.69) is 15.5 Å². The number of fused-ring (bicyclic) bond motifs is 1. The molecule has 9 heteroatoms. The average Bonchev–Trinajstić information content (AvgIpc) is 3.46. The number of para-hydroxylation sites is 1. The summed E-state index contributed by atoms with van der Waals surface area (Å²) >= 11 is 0. The summed E-state index contributed by atoms with van der Waals surface area (Å²) in [7, 11) is 0. The number of amides is 2. The highest BCUT2D eigenvalue weighted by atomic mass is 19.1. The summed E-state index contributed by atoms with van der Waals surface area (Å²) < 4.78 is 31.3. The molecule has 1 aromatic heterocycles. The number of carbonyl (C=O) groups excluding carboxylic acids is 2. The van der Waals surface area contributed by atoms with E-state index in [9.17, 15) is 14.0 Å². The normalized spacial score (nSPS) is 14.5. The van der Waals surface area contributed by atoms with Crippen molar-refractivity contribution in [3.63, 3.8) is 0 Å². The summed E-state index contributed by atoms with van der Waals surface area (Å²) in [5.41, 5.74) is 2.64. The molecule has 3 aromatic carbocycles. The maximum atomic E-state index is 14.0. The van der Waals surface area contributed by atoms with Gasteiger partial charge in [0.25, 0.3) is 11.8 Å². The molecule has 0 radical (unpaired) electrons. The van der Waals surface area contributed by atoms with Crippen molar-refractivity contribution in [1.82, 2.24) is 15.5 Å². The van der Waals surface area contributed by atoms with Gasteiger partial charge < -0.3 is 24.5 Å². The number of benzene rings is 3. The molecule has 2 N–H and O–H groups in total. The molecule has 5 rings (SSSR count). The van der Waals surface area contributed by atoms with Crippen LogP contribution in [0, 0.1) is 11.7 Å². The molecule has 1 atom stereocenters. The summed E-state index contributed by atoms with van der Waals surface area (Å²) in [5.74, 6) is -0.162. The van der Waals surface area contributed by atoms with Crippen LogP contribution in [0.25, 0.3) is 11.0 Å². The molecule has 1 aliphatic rings. The van der Waals surface area contributed by atoms with Crippen LogP contribution in [0.1, 0.15) is 58.2 Å². The number of carbonyl (C=O) groups is 2. The average molecular weight is 588 g/mol. The highest BCUT2D eigenvalue weighted by molar-refractivity contribution is 6.06. The van der Waals surface area contributed by atoms with Crippen molar-refractivity contribution in [2.75, 3.05) is 46.0 Å². The number of rotatable bonds is 12. The molecule has 226 valence electrons. The van der Waals surface area contributed by atoms with Gasteiger partial charge in [-0.15, -0.1) is 0 Å². The van der Waals surface area contributed by atoms with Gasteiger partial charge in [-0.25, -0.2) is 4.39 Å². The molecule has 2 amide bonds. The lowest BCUT2D eigenvalue weighted by molar-refractivity contribution is 0.0357. The van der Waals surface area contributed by atoms with E-state index in [1.807, 2.05) is 32.0 Å². The highest BCUT2D eigenvalue weighted by Gasteiger charge is 2.25. The van der Waals surface area contributed by atoms with E-state index in [1.165, 1.54) is 18.4 Å². The van der Waals surface area contributed by atoms with Gasteiger partial charge in [0.15, 0.2) is 0 Å². The molecule has 1 unspecified atom stereocenters. The molecule has 0 saturated carbocycles. The third kappa shape index (κ3) is 7.80. The van der Waals surface area contributed by atoms with E-state index in [1.54, 1.807) is 36.4 Å². The summed E-state index contributed by atoms with van der Waals surface area (Å²) in [5, 5.41) is 6.75. The second kappa shape index (κ2) is 14.3. The van der Waals surface area contributed by atoms with E-state index in [4.69, 9.17) is 13.9 Å². The van der Waals surface area contributed by atoms with Crippen LogP contribution in [0.5, 0.6) is 5.75 Å². The van der Waals surface area contributed by atoms with Crippen LogP contribution in [-0.4, -0.2) is 62.7 Å². The van der Waals surface area contributed by atoms with Crippen LogP contribution < -0.4 is 15.4 Å². The Balaban J connectivity index is 1.46. The Morgan fingerprint density at radius 1 is 1.00 bits per heavy atom. The fourth-order valence-corrected chi connectivity index (χ4v) is 5.10. The number of furan rings is 1. The van der Waals surface area contributed by atoms with Gasteiger partial charge in [-0.1, -0.05) is 44.2 Å². The summed E-state index contributed by atoms with van der Waals surface area (Å²) in [6.07, 6.45) is 2.23. The first-order valence-electron chi connectivity index (χ1n) is 14.8. The molecular weight excluding hydrogens is 549 g/mol. The van der Waals surface area contributed by atoms with Crippen LogP contribution in [0.15, 0.2) is 77.4 Å². The monoisotopic (exact) mass is 587 g/mol. The van der Waals surface area contributed by atoms with E-state index in [-0.39, 0.29) is 17.7 Å². The zero-order valence-corrected chi connectivity index (χ0v) is 24.6. The van der Waals surface area contributed by atoms with Crippen molar-refractivity contribution in [2.24, 2.45) is 5.92 Å². The van der Waals surface area contributed by atoms with Gasteiger partial charge in [0.2, 0.25) is 0 Å². The lowest BCUT2D eigenvalue weighted by atomic mass is 9.95. The largest absolute Gasteiger partial charge is 0.493 e. The van der Waals surface area contributed by atoms with E-state index in [0.717, 1.165) is 39.3 Å². The van der Waals surface area contributed by atoms with Gasteiger partial charge in [-0.05, 0) is 54.3 Å². The maximum Gasteiger partial charge on any atom is 0.255 e. The van der Waals surface area contributed by atoms with Gasteiger partial charge in [0, 0.05) is 42.7 Å². The maximum absolute atomic E-state index is 14.0. The standard InChI is InChI=1S/C34H38FN3O5/c1-23(2)21-36-33(39)25-10-13-31(42-17-5-14-38-15-18-41-19-16-38)28(20-25)32(24-8-11-26(35)12-9-24)37-34(40)29-22-43-30-7-4-3-6-27(29)30/h3-4,6-13,20,22-23,32H,5,14-19,21H2,1-2H3,(H,36,39)(H,37,40). The molecule has 0 spiro atoms. The second-order valence-corrected chi connectivity index (χ2v) is 11.1. The van der Waals surface area contributed by atoms with Crippen molar-refractivity contribution in [3.8, 4) is 5.75 Å². The Hall–Kier alpha value is -4.21. The van der Waals surface area contributed by atoms with Gasteiger partial charge >= 0.3 is 0 Å². The number of nitrogens with zero attached hydrogens (tertiary/aromatic N) is 1. The first kappa shape index (κ1) is 30.3. The predicted molar refractivity (Wildman–Crippen MR) is 163 cm³/mol. The smallest absolute Gasteiger partial charge is 0.255 e. The minimum absolute atomic E-state index is 0.223. The minimum Gasteiger partial charge on any atom is -0.493 e. The summed E-state index contributed by atoms with van der Waals surface area (Å²) in [6, 6.07) is 17.8. The first-order valence-corrected chi connectivity index (χ1v) is 14.8. The molecule has 8 nitrogen and oxygen atoms in total. The SMILES string of the molecule is CC(C)CNC(=O)c1ccc(OCCCN2CCOCC2)c(C(NC(=O)c2coc3ccccc23)c2ccc(F)cc2)c1. The predicted octanol–water partition coefficient (Wildman–Crippen LogP) is 5.58. The fourth-order valence-electron chi connectivity index (χ4n) is 5.10. The molecule has 4 aromatic rings. The fraction of sp³-hybridized carbons (Fsp3) is 0.353. The zero-order valence-electron chi connectivity index (χ0n) is 24.6. The van der Waals surface area contributed by atoms with Gasteiger partial charge in [0.05, 0.1) is 31.4 Å². The number of hydrogen-bond donors (Lipinski definition) is 2. The van der Waals surface area contributed by atoms with Gasteiger partial charge in [-0.3, -0.25) is 14.5 Å². The minimum atomic E-state index is -0.742. The van der Waals surface area contributed by atoms with E-state index >= 15 is 0 Å². The molecule has 43 heavy (non-hydrogen) atoms. The number of nitrogens with one attached hydrogen (secondary N) is 2. The lowest BCUT2D eigenvalue weighted by Gasteiger charge is -2.27. The Kier molecular flexibility index (Phi) is 10.1. The molecule has 0 bridgehead atoms. The summed E-state index contributed by atoms with van der Waals surface area (Å²) in [4.78, 5) is 29.1. The summed E-state index contributed by atoms with van der Waals surface area (Å²) in [6.45, 7) is 9.16. The number of hydrogen-bond acceptors (Lipinski definition) is 6. The Morgan fingerprint density at radius 3 is 2.53 bits per heavy atom. The van der Waals surface area contributed by atoms with E-state index in [0.29, 0.717) is 52.1 Å². The van der Waals surface area contributed by atoms with Crippen molar-refractivity contribution in [3.05, 3.63) is 101 Å².